The SMILES string of the molecule is Cc1nc2cc(-c3ccc4ccccc4c3)cnc2n1C1CCNCC1. The van der Waals surface area contributed by atoms with E-state index in [1.165, 1.54) is 16.3 Å². The molecule has 0 aliphatic carbocycles. The van der Waals surface area contributed by atoms with Gasteiger partial charge in [-0.3, -0.25) is 0 Å². The molecule has 4 aromatic rings. The Labute approximate surface area is 152 Å². The number of imidazole rings is 1. The van der Waals surface area contributed by atoms with Crippen LogP contribution in [0.3, 0.4) is 0 Å². The zero-order valence-corrected chi connectivity index (χ0v) is 14.9. The lowest BCUT2D eigenvalue weighted by Gasteiger charge is -2.25. The van der Waals surface area contributed by atoms with Crippen molar-refractivity contribution in [3.8, 4) is 11.1 Å². The van der Waals surface area contributed by atoms with Crippen LogP contribution in [-0.2, 0) is 0 Å². The number of nitrogens with zero attached hydrogens (tertiary/aromatic N) is 3. The van der Waals surface area contributed by atoms with Crippen molar-refractivity contribution in [2.75, 3.05) is 13.1 Å². The molecule has 1 fully saturated rings. The van der Waals surface area contributed by atoms with Crippen molar-refractivity contribution < 1.29 is 0 Å². The number of rotatable bonds is 2. The highest BCUT2D eigenvalue weighted by molar-refractivity contribution is 5.88. The first kappa shape index (κ1) is 15.5. The van der Waals surface area contributed by atoms with E-state index in [9.17, 15) is 0 Å². The summed E-state index contributed by atoms with van der Waals surface area (Å²) < 4.78 is 2.33. The second-order valence-corrected chi connectivity index (χ2v) is 7.14. The van der Waals surface area contributed by atoms with Crippen LogP contribution in [0.15, 0.2) is 54.7 Å². The number of pyridine rings is 1. The predicted molar refractivity (Wildman–Crippen MR) is 106 cm³/mol. The molecule has 2 aromatic heterocycles. The van der Waals surface area contributed by atoms with Gasteiger partial charge in [-0.25, -0.2) is 9.97 Å². The Morgan fingerprint density at radius 3 is 2.62 bits per heavy atom. The van der Waals surface area contributed by atoms with E-state index in [1.807, 2.05) is 6.20 Å². The molecule has 0 unspecified atom stereocenters. The molecule has 0 saturated carbocycles. The Morgan fingerprint density at radius 2 is 1.77 bits per heavy atom. The van der Waals surface area contributed by atoms with E-state index in [0.717, 1.165) is 48.5 Å². The fourth-order valence-corrected chi connectivity index (χ4v) is 4.12. The molecular formula is C22H22N4. The predicted octanol–water partition coefficient (Wildman–Crippen LogP) is 4.48. The summed E-state index contributed by atoms with van der Waals surface area (Å²) >= 11 is 0. The number of fused-ring (bicyclic) bond motifs is 2. The van der Waals surface area contributed by atoms with Crippen LogP contribution in [0.5, 0.6) is 0 Å². The number of nitrogens with one attached hydrogen (secondary N) is 1. The van der Waals surface area contributed by atoms with E-state index in [-0.39, 0.29) is 0 Å². The maximum atomic E-state index is 4.82. The Morgan fingerprint density at radius 1 is 0.962 bits per heavy atom. The summed E-state index contributed by atoms with van der Waals surface area (Å²) in [4.78, 5) is 9.63. The molecule has 1 aliphatic rings. The van der Waals surface area contributed by atoms with Gasteiger partial charge in [0.25, 0.3) is 0 Å². The summed E-state index contributed by atoms with van der Waals surface area (Å²) in [5, 5.41) is 5.95. The Kier molecular flexibility index (Phi) is 3.71. The number of benzene rings is 2. The van der Waals surface area contributed by atoms with Crippen molar-refractivity contribution in [2.45, 2.75) is 25.8 Å². The summed E-state index contributed by atoms with van der Waals surface area (Å²) in [5.41, 5.74) is 4.32. The van der Waals surface area contributed by atoms with Gasteiger partial charge in [0.1, 0.15) is 11.3 Å². The molecule has 1 aliphatic heterocycles. The van der Waals surface area contributed by atoms with Crippen LogP contribution in [0.25, 0.3) is 33.1 Å². The van der Waals surface area contributed by atoms with E-state index in [2.05, 4.69) is 65.3 Å². The second kappa shape index (κ2) is 6.22. The van der Waals surface area contributed by atoms with Gasteiger partial charge in [-0.2, -0.15) is 0 Å². The minimum Gasteiger partial charge on any atom is -0.317 e. The zero-order chi connectivity index (χ0) is 17.5. The number of hydrogen-bond donors (Lipinski definition) is 1. The van der Waals surface area contributed by atoms with Crippen LogP contribution in [0.1, 0.15) is 24.7 Å². The Bertz CT molecular complexity index is 1090. The summed E-state index contributed by atoms with van der Waals surface area (Å²) in [6.07, 6.45) is 4.27. The topological polar surface area (TPSA) is 42.7 Å². The van der Waals surface area contributed by atoms with E-state index in [1.54, 1.807) is 0 Å². The van der Waals surface area contributed by atoms with Crippen molar-refractivity contribution in [3.05, 3.63) is 60.6 Å². The molecular weight excluding hydrogens is 320 g/mol. The average Bonchev–Trinajstić information content (AvgIpc) is 3.03. The first-order valence-electron chi connectivity index (χ1n) is 9.34. The molecule has 0 atom stereocenters. The summed E-state index contributed by atoms with van der Waals surface area (Å²) in [5.74, 6) is 1.06. The van der Waals surface area contributed by atoms with Gasteiger partial charge in [0, 0.05) is 17.8 Å². The van der Waals surface area contributed by atoms with Crippen LogP contribution < -0.4 is 5.32 Å². The van der Waals surface area contributed by atoms with Crippen LogP contribution >= 0.6 is 0 Å². The molecule has 4 heteroatoms. The largest absolute Gasteiger partial charge is 0.317 e. The quantitative estimate of drug-likeness (QED) is 0.584. The van der Waals surface area contributed by atoms with Gasteiger partial charge in [-0.1, -0.05) is 36.4 Å². The van der Waals surface area contributed by atoms with E-state index < -0.39 is 0 Å². The van der Waals surface area contributed by atoms with Gasteiger partial charge in [0.15, 0.2) is 5.65 Å². The first-order valence-corrected chi connectivity index (χ1v) is 9.34. The number of aromatic nitrogens is 3. The minimum absolute atomic E-state index is 0.500. The van der Waals surface area contributed by atoms with Gasteiger partial charge in [0.2, 0.25) is 0 Å². The molecule has 1 saturated heterocycles. The van der Waals surface area contributed by atoms with Crippen LogP contribution in [0.4, 0.5) is 0 Å². The average molecular weight is 342 g/mol. The van der Waals surface area contributed by atoms with Gasteiger partial charge in [0.05, 0.1) is 0 Å². The maximum Gasteiger partial charge on any atom is 0.160 e. The molecule has 0 bridgehead atoms. The highest BCUT2D eigenvalue weighted by Gasteiger charge is 2.20. The summed E-state index contributed by atoms with van der Waals surface area (Å²) in [6.45, 7) is 4.23. The lowest BCUT2D eigenvalue weighted by Crippen LogP contribution is -2.29. The van der Waals surface area contributed by atoms with Crippen LogP contribution in [0.2, 0.25) is 0 Å². The lowest BCUT2D eigenvalue weighted by atomic mass is 10.0. The summed E-state index contributed by atoms with van der Waals surface area (Å²) in [7, 11) is 0. The van der Waals surface area contributed by atoms with Crippen molar-refractivity contribution in [3.63, 3.8) is 0 Å². The molecule has 0 radical (unpaired) electrons. The first-order chi connectivity index (χ1) is 12.8. The third-order valence-electron chi connectivity index (χ3n) is 5.46. The number of aryl methyl sites for hydroxylation is 1. The van der Waals surface area contributed by atoms with E-state index >= 15 is 0 Å². The maximum absolute atomic E-state index is 4.82. The van der Waals surface area contributed by atoms with Gasteiger partial charge in [-0.05, 0) is 61.3 Å². The number of piperidine rings is 1. The van der Waals surface area contributed by atoms with Crippen molar-refractivity contribution in [2.24, 2.45) is 0 Å². The highest BCUT2D eigenvalue weighted by atomic mass is 15.2. The molecule has 3 heterocycles. The highest BCUT2D eigenvalue weighted by Crippen LogP contribution is 2.29. The smallest absolute Gasteiger partial charge is 0.160 e. The molecule has 26 heavy (non-hydrogen) atoms. The van der Waals surface area contributed by atoms with Crippen LogP contribution in [-0.4, -0.2) is 27.6 Å². The van der Waals surface area contributed by atoms with Gasteiger partial charge >= 0.3 is 0 Å². The Hall–Kier alpha value is -2.72. The van der Waals surface area contributed by atoms with Gasteiger partial charge in [-0.15, -0.1) is 0 Å². The fraction of sp³-hybridized carbons (Fsp3) is 0.273. The minimum atomic E-state index is 0.500. The third-order valence-corrected chi connectivity index (χ3v) is 5.46. The lowest BCUT2D eigenvalue weighted by molar-refractivity contribution is 0.368. The summed E-state index contributed by atoms with van der Waals surface area (Å²) in [6, 6.07) is 17.7. The normalized spacial score (nSPS) is 15.7. The van der Waals surface area contributed by atoms with Crippen molar-refractivity contribution in [1.29, 1.82) is 0 Å². The van der Waals surface area contributed by atoms with Crippen molar-refractivity contribution >= 4 is 21.9 Å². The standard InChI is InChI=1S/C22H22N4/c1-15-25-21-13-19(18-7-6-16-4-2-3-5-17(16)12-18)14-24-22(21)26(15)20-8-10-23-11-9-20/h2-7,12-14,20,23H,8-11H2,1H3. The molecule has 4 nitrogen and oxygen atoms in total. The molecule has 1 N–H and O–H groups in total. The number of hydrogen-bond acceptors (Lipinski definition) is 3. The Balaban J connectivity index is 1.59. The van der Waals surface area contributed by atoms with Crippen molar-refractivity contribution in [1.82, 2.24) is 19.9 Å². The zero-order valence-electron chi connectivity index (χ0n) is 14.9. The molecule has 2 aromatic carbocycles. The van der Waals surface area contributed by atoms with E-state index in [4.69, 9.17) is 9.97 Å². The molecule has 130 valence electrons. The third kappa shape index (κ3) is 2.58. The fourth-order valence-electron chi connectivity index (χ4n) is 4.12. The molecule has 5 rings (SSSR count). The molecule has 0 spiro atoms. The molecule has 0 amide bonds. The van der Waals surface area contributed by atoms with Gasteiger partial charge < -0.3 is 9.88 Å². The monoisotopic (exact) mass is 342 g/mol. The second-order valence-electron chi connectivity index (χ2n) is 7.14. The van der Waals surface area contributed by atoms with Crippen LogP contribution in [0, 0.1) is 6.92 Å². The van der Waals surface area contributed by atoms with E-state index in [0.29, 0.717) is 6.04 Å².